The minimum absolute atomic E-state index is 0.417. The number of para-hydroxylation sites is 3. The number of nitriles is 1. The van der Waals surface area contributed by atoms with Crippen molar-refractivity contribution in [2.75, 3.05) is 17.7 Å². The monoisotopic (exact) mass is 331 g/mol. The van der Waals surface area contributed by atoms with Crippen molar-refractivity contribution < 1.29 is 4.74 Å². The molecule has 25 heavy (non-hydrogen) atoms. The third-order valence-electron chi connectivity index (χ3n) is 3.52. The second-order valence-electron chi connectivity index (χ2n) is 5.33. The van der Waals surface area contributed by atoms with Crippen molar-refractivity contribution in [1.82, 2.24) is 9.97 Å². The van der Waals surface area contributed by atoms with Crippen molar-refractivity contribution in [3.05, 3.63) is 65.9 Å². The quantitative estimate of drug-likeness (QED) is 0.730. The first kappa shape index (κ1) is 16.3. The van der Waals surface area contributed by atoms with Crippen LogP contribution < -0.4 is 15.4 Å². The van der Waals surface area contributed by atoms with Crippen LogP contribution in [0, 0.1) is 18.3 Å². The lowest BCUT2D eigenvalue weighted by molar-refractivity contribution is 0.417. The van der Waals surface area contributed by atoms with E-state index in [0.717, 1.165) is 17.1 Å². The molecule has 0 saturated heterocycles. The zero-order valence-corrected chi connectivity index (χ0v) is 13.9. The number of rotatable bonds is 5. The summed E-state index contributed by atoms with van der Waals surface area (Å²) >= 11 is 0. The number of hydrogen-bond donors (Lipinski definition) is 2. The molecule has 0 aliphatic carbocycles. The molecule has 3 aromatic rings. The molecule has 0 amide bonds. The van der Waals surface area contributed by atoms with E-state index in [9.17, 15) is 5.26 Å². The van der Waals surface area contributed by atoms with Crippen LogP contribution >= 0.6 is 0 Å². The molecule has 3 rings (SSSR count). The number of aromatic nitrogens is 2. The van der Waals surface area contributed by atoms with Gasteiger partial charge in [0.05, 0.1) is 24.0 Å². The highest BCUT2D eigenvalue weighted by Gasteiger charge is 2.08. The van der Waals surface area contributed by atoms with E-state index in [1.807, 2.05) is 55.5 Å². The highest BCUT2D eigenvalue weighted by atomic mass is 16.5. The Balaban J connectivity index is 1.89. The van der Waals surface area contributed by atoms with Crippen LogP contribution in [-0.2, 0) is 0 Å². The van der Waals surface area contributed by atoms with E-state index < -0.39 is 0 Å². The summed E-state index contributed by atoms with van der Waals surface area (Å²) in [6.07, 6.45) is 0. The Morgan fingerprint density at radius 1 is 0.960 bits per heavy atom. The number of benzene rings is 2. The van der Waals surface area contributed by atoms with Crippen molar-refractivity contribution >= 4 is 23.1 Å². The maximum absolute atomic E-state index is 9.20. The van der Waals surface area contributed by atoms with Crippen LogP contribution in [-0.4, -0.2) is 17.1 Å². The molecule has 0 fully saturated rings. The molecule has 0 saturated carbocycles. The predicted molar refractivity (Wildman–Crippen MR) is 97.5 cm³/mol. The largest absolute Gasteiger partial charge is 0.495 e. The van der Waals surface area contributed by atoms with E-state index in [2.05, 4.69) is 26.7 Å². The molecular weight excluding hydrogens is 314 g/mol. The summed E-state index contributed by atoms with van der Waals surface area (Å²) in [5, 5.41) is 15.5. The lowest BCUT2D eigenvalue weighted by atomic mass is 10.2. The molecular formula is C19H17N5O. The van der Waals surface area contributed by atoms with Gasteiger partial charge in [-0.2, -0.15) is 10.2 Å². The number of anilines is 4. The Bertz CT molecular complexity index is 933. The molecule has 0 aliphatic rings. The van der Waals surface area contributed by atoms with Gasteiger partial charge in [-0.05, 0) is 31.2 Å². The lowest BCUT2D eigenvalue weighted by Crippen LogP contribution is -2.04. The Hall–Kier alpha value is -3.59. The van der Waals surface area contributed by atoms with Gasteiger partial charge in [0.1, 0.15) is 17.6 Å². The van der Waals surface area contributed by atoms with Gasteiger partial charge in [-0.25, -0.2) is 4.98 Å². The summed E-state index contributed by atoms with van der Waals surface area (Å²) in [5.74, 6) is 1.78. The van der Waals surface area contributed by atoms with Crippen LogP contribution in [0.1, 0.15) is 11.3 Å². The van der Waals surface area contributed by atoms with E-state index in [1.54, 1.807) is 13.2 Å². The van der Waals surface area contributed by atoms with E-state index in [1.165, 1.54) is 0 Å². The van der Waals surface area contributed by atoms with Crippen LogP contribution in [0.3, 0.4) is 0 Å². The normalized spacial score (nSPS) is 9.96. The fraction of sp³-hybridized carbons (Fsp3) is 0.105. The van der Waals surface area contributed by atoms with Crippen molar-refractivity contribution in [1.29, 1.82) is 5.26 Å². The smallest absolute Gasteiger partial charge is 0.229 e. The minimum atomic E-state index is 0.417. The topological polar surface area (TPSA) is 82.9 Å². The summed E-state index contributed by atoms with van der Waals surface area (Å²) in [6, 6.07) is 18.8. The summed E-state index contributed by atoms with van der Waals surface area (Å²) in [5.41, 5.74) is 2.81. The van der Waals surface area contributed by atoms with E-state index in [4.69, 9.17) is 4.74 Å². The molecule has 1 aromatic heterocycles. The van der Waals surface area contributed by atoms with Gasteiger partial charge in [-0.15, -0.1) is 0 Å². The number of methoxy groups -OCH3 is 1. The van der Waals surface area contributed by atoms with Gasteiger partial charge in [0.25, 0.3) is 0 Å². The third-order valence-corrected chi connectivity index (χ3v) is 3.52. The van der Waals surface area contributed by atoms with Crippen LogP contribution in [0.15, 0.2) is 54.6 Å². The van der Waals surface area contributed by atoms with Gasteiger partial charge < -0.3 is 15.4 Å². The number of nitrogens with one attached hydrogen (secondary N) is 2. The van der Waals surface area contributed by atoms with E-state index in [0.29, 0.717) is 23.0 Å². The predicted octanol–water partition coefficient (Wildman–Crippen LogP) is 4.15. The standard InChI is InChI=1S/C19H17N5O/c1-13-11-18(22-16-9-5-6-10-17(16)25-2)24-19(21-13)23-15-8-4-3-7-14(15)12-20/h3-11H,1-2H3,(H2,21,22,23,24). The molecule has 0 bridgehead atoms. The lowest BCUT2D eigenvalue weighted by Gasteiger charge is -2.12. The number of hydrogen-bond acceptors (Lipinski definition) is 6. The van der Waals surface area contributed by atoms with Crippen LogP contribution in [0.5, 0.6) is 5.75 Å². The zero-order valence-electron chi connectivity index (χ0n) is 13.9. The van der Waals surface area contributed by atoms with E-state index in [-0.39, 0.29) is 0 Å². The molecule has 124 valence electrons. The van der Waals surface area contributed by atoms with Gasteiger partial charge in [-0.1, -0.05) is 24.3 Å². The highest BCUT2D eigenvalue weighted by molar-refractivity contribution is 5.67. The molecule has 0 aliphatic heterocycles. The molecule has 1 heterocycles. The maximum Gasteiger partial charge on any atom is 0.229 e. The Labute approximate surface area is 146 Å². The number of nitrogens with zero attached hydrogens (tertiary/aromatic N) is 3. The Morgan fingerprint density at radius 2 is 1.68 bits per heavy atom. The maximum atomic E-state index is 9.20. The van der Waals surface area contributed by atoms with Crippen LogP contribution in [0.2, 0.25) is 0 Å². The zero-order chi connectivity index (χ0) is 17.6. The Kier molecular flexibility index (Phi) is 4.77. The van der Waals surface area contributed by atoms with Crippen molar-refractivity contribution in [3.8, 4) is 11.8 Å². The molecule has 0 atom stereocenters. The molecule has 0 radical (unpaired) electrons. The summed E-state index contributed by atoms with van der Waals surface area (Å²) in [7, 11) is 1.62. The first-order valence-electron chi connectivity index (χ1n) is 7.71. The van der Waals surface area contributed by atoms with Crippen molar-refractivity contribution in [2.24, 2.45) is 0 Å². The summed E-state index contributed by atoms with van der Waals surface area (Å²) < 4.78 is 5.35. The molecule has 2 N–H and O–H groups in total. The average Bonchev–Trinajstić information content (AvgIpc) is 2.62. The average molecular weight is 331 g/mol. The van der Waals surface area contributed by atoms with Crippen molar-refractivity contribution in [3.63, 3.8) is 0 Å². The molecule has 0 unspecified atom stereocenters. The molecule has 6 heteroatoms. The van der Waals surface area contributed by atoms with Crippen LogP contribution in [0.25, 0.3) is 0 Å². The fourth-order valence-electron chi connectivity index (χ4n) is 2.38. The van der Waals surface area contributed by atoms with E-state index >= 15 is 0 Å². The van der Waals surface area contributed by atoms with Gasteiger partial charge in [-0.3, -0.25) is 0 Å². The Morgan fingerprint density at radius 3 is 2.44 bits per heavy atom. The highest BCUT2D eigenvalue weighted by Crippen LogP contribution is 2.27. The third kappa shape index (κ3) is 3.85. The second-order valence-corrected chi connectivity index (χ2v) is 5.33. The van der Waals surface area contributed by atoms with Gasteiger partial charge in [0, 0.05) is 11.8 Å². The SMILES string of the molecule is COc1ccccc1Nc1cc(C)nc(Nc2ccccc2C#N)n1. The number of ether oxygens (including phenoxy) is 1. The van der Waals surface area contributed by atoms with Gasteiger partial charge in [0.2, 0.25) is 5.95 Å². The first-order chi connectivity index (χ1) is 12.2. The van der Waals surface area contributed by atoms with Gasteiger partial charge >= 0.3 is 0 Å². The molecule has 6 nitrogen and oxygen atoms in total. The first-order valence-corrected chi connectivity index (χ1v) is 7.71. The van der Waals surface area contributed by atoms with Crippen LogP contribution in [0.4, 0.5) is 23.1 Å². The minimum Gasteiger partial charge on any atom is -0.495 e. The molecule has 0 spiro atoms. The fourth-order valence-corrected chi connectivity index (χ4v) is 2.38. The van der Waals surface area contributed by atoms with Gasteiger partial charge in [0.15, 0.2) is 0 Å². The number of aryl methyl sites for hydroxylation is 1. The molecule has 2 aromatic carbocycles. The second kappa shape index (κ2) is 7.32. The summed E-state index contributed by atoms with van der Waals surface area (Å²) in [4.78, 5) is 8.86. The summed E-state index contributed by atoms with van der Waals surface area (Å²) in [6.45, 7) is 1.89. The van der Waals surface area contributed by atoms with Crippen molar-refractivity contribution in [2.45, 2.75) is 6.92 Å².